The summed E-state index contributed by atoms with van der Waals surface area (Å²) in [4.78, 5) is 0.414. The molecule has 0 aromatic heterocycles. The topological polar surface area (TPSA) is 183 Å². The third-order valence-corrected chi connectivity index (χ3v) is 21.2. The summed E-state index contributed by atoms with van der Waals surface area (Å²) in [6, 6.07) is 31.2. The fourth-order valence-corrected chi connectivity index (χ4v) is 13.2. The van der Waals surface area contributed by atoms with Gasteiger partial charge in [-0.05, 0) is 61.0 Å². The third kappa shape index (κ3) is 20.8. The zero-order valence-electron chi connectivity index (χ0n) is 31.7. The summed E-state index contributed by atoms with van der Waals surface area (Å²) in [5.74, 6) is -1.14. The van der Waals surface area contributed by atoms with Crippen molar-refractivity contribution in [1.29, 1.82) is 0 Å². The lowest BCUT2D eigenvalue weighted by Crippen LogP contribution is -2.31. The molecule has 0 radical (unpaired) electrons. The Labute approximate surface area is 377 Å². The van der Waals surface area contributed by atoms with Crippen molar-refractivity contribution in [3.8, 4) is 0 Å². The molecule has 0 N–H and O–H groups in total. The Hall–Kier alpha value is -1.42. The summed E-state index contributed by atoms with van der Waals surface area (Å²) < 4.78 is 130. The lowest BCUT2D eigenvalue weighted by atomic mass is 10.4. The van der Waals surface area contributed by atoms with Gasteiger partial charge in [-0.3, -0.25) is 0 Å². The van der Waals surface area contributed by atoms with E-state index in [1.54, 1.807) is 94.4 Å². The second kappa shape index (κ2) is 29.1. The van der Waals surface area contributed by atoms with Crippen LogP contribution in [0.5, 0.6) is 0 Å². The van der Waals surface area contributed by atoms with E-state index in [-0.39, 0.29) is 77.2 Å². The Morgan fingerprint density at radius 1 is 0.383 bits per heavy atom. The number of benzene rings is 4. The summed E-state index contributed by atoms with van der Waals surface area (Å²) in [5.41, 5.74) is 0. The second-order valence-electron chi connectivity index (χ2n) is 11.2. The van der Waals surface area contributed by atoms with Crippen LogP contribution in [-0.4, -0.2) is 109 Å². The fourth-order valence-electron chi connectivity index (χ4n) is 4.17. The van der Waals surface area contributed by atoms with E-state index in [1.165, 1.54) is 48.5 Å². The van der Waals surface area contributed by atoms with Crippen molar-refractivity contribution in [2.45, 2.75) is 39.2 Å². The molecule has 0 heterocycles. The standard InChI is InChI=1S/C34H38O13S8.C2H6S2.CH4/c35-52(36,31-13-5-1-6-14-31)48-25-44-23-29(46-27-50-54(39,40)33-17-9-3-10-18-33)21-43-22-30(47-28-51-55(41,42)34-19-11-4-12-20-34)24-45-26-49-53(37,38)32-15-7-2-8-16-32;1-3-4-2;/h1-20,29-30H,21-28H2;1-2H3;1H4. The SMILES string of the molecule is C.CSSC.O=S(=O)(SCOCC(COCC(COCSS(=O)(=O)c1ccccc1)OCSS(=O)(=O)c1ccccc1)OCSS(=O)(=O)c1ccccc1)c1ccccc1. The van der Waals surface area contributed by atoms with Gasteiger partial charge in [0.05, 0.1) is 46.0 Å². The van der Waals surface area contributed by atoms with Gasteiger partial charge in [0.15, 0.2) is 0 Å². The van der Waals surface area contributed by atoms with Crippen molar-refractivity contribution in [3.05, 3.63) is 121 Å². The summed E-state index contributed by atoms with van der Waals surface area (Å²) >= 11 is 0. The molecule has 0 bridgehead atoms. The smallest absolute Gasteiger partial charge is 0.232 e. The van der Waals surface area contributed by atoms with Gasteiger partial charge in [-0.25, -0.2) is 33.7 Å². The third-order valence-electron chi connectivity index (χ3n) is 7.10. The van der Waals surface area contributed by atoms with Crippen LogP contribution in [-0.2, 0) is 59.2 Å². The average molecular weight is 1020 g/mol. The number of ether oxygens (including phenoxy) is 5. The summed E-state index contributed by atoms with van der Waals surface area (Å²) in [7, 11) is -9.14. The average Bonchev–Trinajstić information content (AvgIpc) is 3.24. The minimum absolute atomic E-state index is 0. The molecular formula is C37H48O13S10. The lowest BCUT2D eigenvalue weighted by Gasteiger charge is -2.21. The van der Waals surface area contributed by atoms with Gasteiger partial charge in [-0.1, -0.05) is 102 Å². The van der Waals surface area contributed by atoms with Crippen molar-refractivity contribution >= 4 is 100 Å². The van der Waals surface area contributed by atoms with E-state index in [9.17, 15) is 33.7 Å². The molecular weight excluding hydrogens is 973 g/mol. The molecule has 13 nitrogen and oxygen atoms in total. The van der Waals surface area contributed by atoms with Gasteiger partial charge in [0.25, 0.3) is 0 Å². The van der Waals surface area contributed by atoms with Crippen LogP contribution in [0.25, 0.3) is 0 Å². The maximum Gasteiger partial charge on any atom is 0.232 e. The van der Waals surface area contributed by atoms with Gasteiger partial charge in [0.1, 0.15) is 36.0 Å². The van der Waals surface area contributed by atoms with Gasteiger partial charge in [0, 0.05) is 43.2 Å². The Kier molecular flexibility index (Phi) is 26.5. The second-order valence-corrected chi connectivity index (χ2v) is 29.4. The predicted molar refractivity (Wildman–Crippen MR) is 251 cm³/mol. The monoisotopic (exact) mass is 1020 g/mol. The molecule has 0 saturated heterocycles. The van der Waals surface area contributed by atoms with Crippen LogP contribution in [0.4, 0.5) is 0 Å². The molecule has 0 saturated carbocycles. The maximum atomic E-state index is 12.8. The minimum Gasteiger partial charge on any atom is -0.376 e. The highest BCUT2D eigenvalue weighted by molar-refractivity contribution is 8.76. The van der Waals surface area contributed by atoms with Gasteiger partial charge < -0.3 is 23.7 Å². The molecule has 2 atom stereocenters. The number of hydrogen-bond acceptors (Lipinski definition) is 19. The molecule has 0 aliphatic rings. The van der Waals surface area contributed by atoms with Gasteiger partial charge >= 0.3 is 0 Å². The first-order chi connectivity index (χ1) is 28.2. The van der Waals surface area contributed by atoms with E-state index in [1.807, 2.05) is 0 Å². The Balaban J connectivity index is 0.00000237. The Morgan fingerprint density at radius 3 is 0.867 bits per heavy atom. The van der Waals surface area contributed by atoms with Crippen molar-refractivity contribution in [2.75, 3.05) is 62.7 Å². The summed E-state index contributed by atoms with van der Waals surface area (Å²) in [6.07, 6.45) is 2.37. The van der Waals surface area contributed by atoms with Crippen molar-refractivity contribution < 1.29 is 57.4 Å². The first-order valence-electron chi connectivity index (χ1n) is 17.0. The van der Waals surface area contributed by atoms with Crippen molar-refractivity contribution in [2.24, 2.45) is 0 Å². The molecule has 4 rings (SSSR count). The molecule has 0 amide bonds. The van der Waals surface area contributed by atoms with E-state index in [4.69, 9.17) is 23.7 Å². The first-order valence-corrected chi connectivity index (χ1v) is 31.9. The van der Waals surface area contributed by atoms with Gasteiger partial charge in [0.2, 0.25) is 35.5 Å². The zero-order chi connectivity index (χ0) is 43.0. The molecule has 4 aromatic carbocycles. The largest absolute Gasteiger partial charge is 0.376 e. The van der Waals surface area contributed by atoms with Crippen LogP contribution in [0.3, 0.4) is 0 Å². The van der Waals surface area contributed by atoms with Gasteiger partial charge in [-0.15, -0.1) is 0 Å². The predicted octanol–water partition coefficient (Wildman–Crippen LogP) is 8.39. The fraction of sp³-hybridized carbons (Fsp3) is 0.351. The van der Waals surface area contributed by atoms with Gasteiger partial charge in [-0.2, -0.15) is 0 Å². The molecule has 334 valence electrons. The number of rotatable bonds is 27. The quantitative estimate of drug-likeness (QED) is 0.0315. The van der Waals surface area contributed by atoms with E-state index < -0.39 is 47.7 Å². The molecule has 60 heavy (non-hydrogen) atoms. The molecule has 0 fully saturated rings. The van der Waals surface area contributed by atoms with E-state index in [2.05, 4.69) is 12.5 Å². The molecule has 0 spiro atoms. The number of hydrogen-bond donors (Lipinski definition) is 0. The summed E-state index contributed by atoms with van der Waals surface area (Å²) in [6.45, 7) is -0.697. The van der Waals surface area contributed by atoms with E-state index in [0.717, 1.165) is 0 Å². The van der Waals surface area contributed by atoms with Crippen LogP contribution in [0.15, 0.2) is 141 Å². The highest BCUT2D eigenvalue weighted by Gasteiger charge is 2.22. The van der Waals surface area contributed by atoms with Crippen LogP contribution < -0.4 is 0 Å². The lowest BCUT2D eigenvalue weighted by molar-refractivity contribution is -0.0755. The molecule has 23 heteroatoms. The van der Waals surface area contributed by atoms with E-state index in [0.29, 0.717) is 43.2 Å². The Morgan fingerprint density at radius 2 is 0.617 bits per heavy atom. The highest BCUT2D eigenvalue weighted by Crippen LogP contribution is 2.27. The van der Waals surface area contributed by atoms with Crippen LogP contribution in [0, 0.1) is 0 Å². The van der Waals surface area contributed by atoms with Crippen LogP contribution in [0.1, 0.15) is 7.43 Å². The normalized spacial score (nSPS) is 13.0. The van der Waals surface area contributed by atoms with Crippen molar-refractivity contribution in [3.63, 3.8) is 0 Å². The molecule has 0 aliphatic carbocycles. The van der Waals surface area contributed by atoms with E-state index >= 15 is 0 Å². The summed E-state index contributed by atoms with van der Waals surface area (Å²) in [5, 5.41) is 0. The zero-order valence-corrected chi connectivity index (χ0v) is 39.9. The first kappa shape index (κ1) is 54.7. The molecule has 0 aliphatic heterocycles. The molecule has 2 unspecified atom stereocenters. The maximum absolute atomic E-state index is 12.8. The van der Waals surface area contributed by atoms with Crippen molar-refractivity contribution in [1.82, 2.24) is 0 Å². The minimum atomic E-state index is -3.75. The molecule has 4 aromatic rings. The van der Waals surface area contributed by atoms with Crippen LogP contribution in [0.2, 0.25) is 0 Å². The van der Waals surface area contributed by atoms with Crippen LogP contribution >= 0.6 is 64.8 Å². The Bertz CT molecular complexity index is 2050. The highest BCUT2D eigenvalue weighted by atomic mass is 33.2.